The summed E-state index contributed by atoms with van der Waals surface area (Å²) >= 11 is 6.08. The molecule has 8 nitrogen and oxygen atoms in total. The topological polar surface area (TPSA) is 118 Å². The number of anilines is 1. The van der Waals surface area contributed by atoms with Crippen LogP contribution in [0.1, 0.15) is 21.7 Å². The number of hydrogen-bond donors (Lipinski definition) is 2. The summed E-state index contributed by atoms with van der Waals surface area (Å²) in [6.07, 6.45) is -3.59. The largest absolute Gasteiger partial charge is 0.478 e. The van der Waals surface area contributed by atoms with Gasteiger partial charge in [0.05, 0.1) is 27.3 Å². The normalized spacial score (nSPS) is 11.6. The molecule has 1 heterocycles. The Labute approximate surface area is 176 Å². The monoisotopic (exact) mass is 453 g/mol. The van der Waals surface area contributed by atoms with Crippen LogP contribution in [0.5, 0.6) is 0 Å². The van der Waals surface area contributed by atoms with Crippen molar-refractivity contribution in [2.45, 2.75) is 6.18 Å². The lowest BCUT2D eigenvalue weighted by Gasteiger charge is -2.08. The standard InChI is InChI=1S/C19H11ClF3N3O5/c20-14-4-1-10(18(27)28)7-13(14)17-6-3-12(31-17)9-24-25-15-5-2-11(19(21,22)23)8-16(15)26(29)30/h1-9,25H,(H,27,28)/b24-9-. The third kappa shape index (κ3) is 5.01. The van der Waals surface area contributed by atoms with E-state index in [1.807, 2.05) is 0 Å². The van der Waals surface area contributed by atoms with Gasteiger partial charge in [0.15, 0.2) is 0 Å². The molecule has 0 aliphatic heterocycles. The maximum absolute atomic E-state index is 12.7. The number of alkyl halides is 3. The zero-order valence-corrected chi connectivity index (χ0v) is 15.9. The summed E-state index contributed by atoms with van der Waals surface area (Å²) in [5.41, 5.74) is 0.416. The molecule has 0 aliphatic rings. The van der Waals surface area contributed by atoms with Gasteiger partial charge in [-0.15, -0.1) is 0 Å². The quantitative estimate of drug-likeness (QED) is 0.282. The summed E-state index contributed by atoms with van der Waals surface area (Å²) in [5.74, 6) is -0.725. The summed E-state index contributed by atoms with van der Waals surface area (Å²) < 4.78 is 43.8. The molecule has 0 spiro atoms. The number of aromatic carboxylic acids is 1. The highest BCUT2D eigenvalue weighted by molar-refractivity contribution is 6.33. The van der Waals surface area contributed by atoms with Crippen LogP contribution in [0.25, 0.3) is 11.3 Å². The maximum atomic E-state index is 12.7. The van der Waals surface area contributed by atoms with Crippen LogP contribution in [0.2, 0.25) is 5.02 Å². The van der Waals surface area contributed by atoms with Crippen LogP contribution in [-0.4, -0.2) is 22.2 Å². The van der Waals surface area contributed by atoms with Gasteiger partial charge in [-0.2, -0.15) is 18.3 Å². The molecule has 0 saturated carbocycles. The van der Waals surface area contributed by atoms with Crippen molar-refractivity contribution in [3.63, 3.8) is 0 Å². The number of nitro groups is 1. The van der Waals surface area contributed by atoms with E-state index in [1.165, 1.54) is 30.3 Å². The molecular formula is C19H11ClF3N3O5. The van der Waals surface area contributed by atoms with Crippen molar-refractivity contribution in [3.05, 3.63) is 80.6 Å². The van der Waals surface area contributed by atoms with Gasteiger partial charge >= 0.3 is 12.1 Å². The Morgan fingerprint density at radius 3 is 2.58 bits per heavy atom. The first-order valence-corrected chi connectivity index (χ1v) is 8.72. The van der Waals surface area contributed by atoms with Crippen LogP contribution in [0.4, 0.5) is 24.5 Å². The van der Waals surface area contributed by atoms with Crippen LogP contribution >= 0.6 is 11.6 Å². The number of nitro benzene ring substituents is 1. The van der Waals surface area contributed by atoms with E-state index in [4.69, 9.17) is 21.1 Å². The van der Waals surface area contributed by atoms with Gasteiger partial charge in [0, 0.05) is 11.6 Å². The molecule has 0 atom stereocenters. The zero-order chi connectivity index (χ0) is 22.8. The molecule has 0 unspecified atom stereocenters. The molecule has 12 heteroatoms. The summed E-state index contributed by atoms with van der Waals surface area (Å²) in [5, 5.41) is 24.2. The second-order valence-corrected chi connectivity index (χ2v) is 6.47. The molecule has 3 aromatic rings. The first kappa shape index (κ1) is 21.8. The number of carboxylic acids is 1. The molecule has 0 radical (unpaired) electrons. The molecule has 0 bridgehead atoms. The van der Waals surface area contributed by atoms with Gasteiger partial charge in [0.25, 0.3) is 5.69 Å². The van der Waals surface area contributed by atoms with Crippen molar-refractivity contribution < 1.29 is 32.4 Å². The van der Waals surface area contributed by atoms with E-state index in [1.54, 1.807) is 0 Å². The van der Waals surface area contributed by atoms with E-state index in [9.17, 15) is 28.1 Å². The number of halogens is 4. The second kappa shape index (κ2) is 8.48. The van der Waals surface area contributed by atoms with Gasteiger partial charge in [0.1, 0.15) is 17.2 Å². The van der Waals surface area contributed by atoms with E-state index in [-0.39, 0.29) is 27.8 Å². The van der Waals surface area contributed by atoms with Gasteiger partial charge in [0.2, 0.25) is 0 Å². The summed E-state index contributed by atoms with van der Waals surface area (Å²) in [6.45, 7) is 0. The van der Waals surface area contributed by atoms with Gasteiger partial charge in [-0.25, -0.2) is 4.79 Å². The number of hydrogen-bond acceptors (Lipinski definition) is 6. The Hall–Kier alpha value is -3.86. The molecule has 3 rings (SSSR count). The SMILES string of the molecule is O=C(O)c1ccc(Cl)c(-c2ccc(/C=N\Nc3ccc(C(F)(F)F)cc3[N+](=O)[O-])o2)c1. The Balaban J connectivity index is 1.81. The van der Waals surface area contributed by atoms with E-state index >= 15 is 0 Å². The summed E-state index contributed by atoms with van der Waals surface area (Å²) in [7, 11) is 0. The molecule has 2 aromatic carbocycles. The average Bonchev–Trinajstić information content (AvgIpc) is 3.16. The smallest absolute Gasteiger partial charge is 0.416 e. The van der Waals surface area contributed by atoms with Crippen LogP contribution in [0.3, 0.4) is 0 Å². The van der Waals surface area contributed by atoms with Crippen molar-refractivity contribution in [2.75, 3.05) is 5.43 Å². The highest BCUT2D eigenvalue weighted by Gasteiger charge is 2.33. The van der Waals surface area contributed by atoms with Crippen LogP contribution in [0.15, 0.2) is 58.0 Å². The van der Waals surface area contributed by atoms with E-state index < -0.39 is 28.3 Å². The number of furan rings is 1. The first-order valence-electron chi connectivity index (χ1n) is 8.34. The molecule has 1 aromatic heterocycles. The molecular weight excluding hydrogens is 443 g/mol. The summed E-state index contributed by atoms with van der Waals surface area (Å²) in [6, 6.07) is 9.04. The minimum atomic E-state index is -4.73. The third-order valence-electron chi connectivity index (χ3n) is 4.00. The number of hydrazone groups is 1. The van der Waals surface area contributed by atoms with Crippen molar-refractivity contribution in [1.29, 1.82) is 0 Å². The Bertz CT molecular complexity index is 1190. The van der Waals surface area contributed by atoms with Crippen molar-refractivity contribution >= 4 is 35.2 Å². The Kier molecular flexibility index (Phi) is 5.97. The van der Waals surface area contributed by atoms with Gasteiger partial charge in [-0.05, 0) is 42.5 Å². The zero-order valence-electron chi connectivity index (χ0n) is 15.2. The van der Waals surface area contributed by atoms with Crippen molar-refractivity contribution in [2.24, 2.45) is 5.10 Å². The van der Waals surface area contributed by atoms with E-state index in [2.05, 4.69) is 10.5 Å². The predicted molar refractivity (Wildman–Crippen MR) is 105 cm³/mol. The van der Waals surface area contributed by atoms with Crippen LogP contribution < -0.4 is 5.43 Å². The lowest BCUT2D eigenvalue weighted by atomic mass is 10.1. The molecule has 0 saturated heterocycles. The number of nitrogens with zero attached hydrogens (tertiary/aromatic N) is 2. The van der Waals surface area contributed by atoms with E-state index in [0.717, 1.165) is 12.3 Å². The van der Waals surface area contributed by atoms with Crippen molar-refractivity contribution in [3.8, 4) is 11.3 Å². The molecule has 160 valence electrons. The van der Waals surface area contributed by atoms with E-state index in [0.29, 0.717) is 17.7 Å². The van der Waals surface area contributed by atoms with Gasteiger partial charge in [-0.1, -0.05) is 11.6 Å². The molecule has 0 aliphatic carbocycles. The lowest BCUT2D eigenvalue weighted by molar-refractivity contribution is -0.384. The third-order valence-corrected chi connectivity index (χ3v) is 4.33. The van der Waals surface area contributed by atoms with Gasteiger partial charge < -0.3 is 9.52 Å². The maximum Gasteiger partial charge on any atom is 0.416 e. The van der Waals surface area contributed by atoms with Crippen LogP contribution in [-0.2, 0) is 6.18 Å². The van der Waals surface area contributed by atoms with Crippen molar-refractivity contribution in [1.82, 2.24) is 0 Å². The average molecular weight is 454 g/mol. The predicted octanol–water partition coefficient (Wildman–Crippen LogP) is 5.67. The number of benzene rings is 2. The minimum absolute atomic E-state index is 0.00213. The van der Waals surface area contributed by atoms with Crippen LogP contribution in [0, 0.1) is 10.1 Å². The Morgan fingerprint density at radius 1 is 1.19 bits per heavy atom. The second-order valence-electron chi connectivity index (χ2n) is 6.06. The molecule has 31 heavy (non-hydrogen) atoms. The lowest BCUT2D eigenvalue weighted by Crippen LogP contribution is -2.06. The Morgan fingerprint density at radius 2 is 1.94 bits per heavy atom. The number of carboxylic acid groups (broad SMARTS) is 1. The number of rotatable bonds is 6. The van der Waals surface area contributed by atoms with Gasteiger partial charge in [-0.3, -0.25) is 15.5 Å². The molecule has 2 N–H and O–H groups in total. The fourth-order valence-corrected chi connectivity index (χ4v) is 2.74. The number of nitrogens with one attached hydrogen (secondary N) is 1. The number of carbonyl (C=O) groups is 1. The molecule has 0 amide bonds. The molecule has 0 fully saturated rings. The fraction of sp³-hybridized carbons (Fsp3) is 0.0526. The highest BCUT2D eigenvalue weighted by Crippen LogP contribution is 2.35. The minimum Gasteiger partial charge on any atom is -0.478 e. The first-order chi connectivity index (χ1) is 14.6. The fourth-order valence-electron chi connectivity index (χ4n) is 2.53. The highest BCUT2D eigenvalue weighted by atomic mass is 35.5. The summed E-state index contributed by atoms with van der Waals surface area (Å²) in [4.78, 5) is 21.2.